The van der Waals surface area contributed by atoms with E-state index >= 15 is 0 Å². The number of nitrogens with zero attached hydrogens (tertiary/aromatic N) is 2. The maximum atomic E-state index is 14.3. The molecule has 2 heterocycles. The van der Waals surface area contributed by atoms with Gasteiger partial charge in [-0.05, 0) is 54.6 Å². The number of carbonyl (C=O) groups is 2. The average molecular weight is 461 g/mol. The van der Waals surface area contributed by atoms with E-state index in [1.165, 1.54) is 13.2 Å². The van der Waals surface area contributed by atoms with Crippen LogP contribution in [0.4, 0.5) is 4.39 Å². The largest absolute Gasteiger partial charge is 0.494 e. The van der Waals surface area contributed by atoms with Crippen molar-refractivity contribution >= 4 is 33.6 Å². The predicted molar refractivity (Wildman–Crippen MR) is 130 cm³/mol. The minimum Gasteiger partial charge on any atom is -0.494 e. The number of ether oxygens (including phenoxy) is 1. The van der Waals surface area contributed by atoms with E-state index in [2.05, 4.69) is 9.88 Å². The lowest BCUT2D eigenvalue weighted by Gasteiger charge is -2.32. The number of aromatic amines is 1. The number of methoxy groups -OCH3 is 1. The van der Waals surface area contributed by atoms with Crippen molar-refractivity contribution in [3.63, 3.8) is 0 Å². The van der Waals surface area contributed by atoms with Crippen molar-refractivity contribution in [2.75, 3.05) is 40.3 Å². The van der Waals surface area contributed by atoms with E-state index in [4.69, 9.17) is 10.5 Å². The molecule has 0 bridgehead atoms. The van der Waals surface area contributed by atoms with E-state index in [1.54, 1.807) is 24.3 Å². The van der Waals surface area contributed by atoms with Crippen LogP contribution in [0.5, 0.6) is 5.75 Å². The lowest BCUT2D eigenvalue weighted by atomic mass is 9.98. The van der Waals surface area contributed by atoms with E-state index in [9.17, 15) is 14.0 Å². The summed E-state index contributed by atoms with van der Waals surface area (Å²) in [4.78, 5) is 32.7. The molecule has 5 rings (SSSR count). The number of rotatable bonds is 4. The summed E-state index contributed by atoms with van der Waals surface area (Å²) in [5.74, 6) is -0.962. The fourth-order valence-electron chi connectivity index (χ4n) is 4.54. The van der Waals surface area contributed by atoms with Gasteiger partial charge in [-0.25, -0.2) is 4.39 Å². The normalized spacial score (nSPS) is 14.6. The van der Waals surface area contributed by atoms with Gasteiger partial charge >= 0.3 is 0 Å². The van der Waals surface area contributed by atoms with Gasteiger partial charge < -0.3 is 25.3 Å². The van der Waals surface area contributed by atoms with Crippen LogP contribution in [-0.2, 0) is 0 Å². The zero-order valence-corrected chi connectivity index (χ0v) is 19.0. The number of nitrogens with two attached hydrogens (primary N) is 1. The molecule has 0 atom stereocenters. The van der Waals surface area contributed by atoms with E-state index < -0.39 is 11.7 Å². The molecule has 0 saturated carbocycles. The monoisotopic (exact) mass is 460 g/mol. The highest BCUT2D eigenvalue weighted by Crippen LogP contribution is 2.34. The Bertz CT molecular complexity index is 1440. The van der Waals surface area contributed by atoms with Gasteiger partial charge in [0.15, 0.2) is 11.6 Å². The van der Waals surface area contributed by atoms with Crippen LogP contribution in [0.2, 0.25) is 0 Å². The molecule has 2 amide bonds. The number of aromatic nitrogens is 1. The molecule has 0 spiro atoms. The quantitative estimate of drug-likeness (QED) is 0.487. The fraction of sp³-hybridized carbons (Fsp3) is 0.231. The molecule has 34 heavy (non-hydrogen) atoms. The Labute approximate surface area is 195 Å². The zero-order valence-electron chi connectivity index (χ0n) is 19.0. The molecule has 4 aromatic rings. The number of halogens is 1. The van der Waals surface area contributed by atoms with Crippen molar-refractivity contribution in [3.8, 4) is 16.9 Å². The van der Waals surface area contributed by atoms with Crippen LogP contribution in [0.1, 0.15) is 20.7 Å². The summed E-state index contributed by atoms with van der Waals surface area (Å²) in [6.07, 6.45) is 0. The topological polar surface area (TPSA) is 91.7 Å². The fourth-order valence-corrected chi connectivity index (χ4v) is 4.54. The zero-order chi connectivity index (χ0) is 24.0. The molecule has 174 valence electrons. The molecule has 3 aromatic carbocycles. The maximum Gasteiger partial charge on any atom is 0.254 e. The molecule has 0 radical (unpaired) electrons. The van der Waals surface area contributed by atoms with Gasteiger partial charge in [0.1, 0.15) is 0 Å². The second kappa shape index (κ2) is 8.46. The van der Waals surface area contributed by atoms with Crippen LogP contribution < -0.4 is 10.5 Å². The molecule has 7 nitrogen and oxygen atoms in total. The first-order valence-corrected chi connectivity index (χ1v) is 11.1. The average Bonchev–Trinajstić information content (AvgIpc) is 3.21. The number of nitrogens with one attached hydrogen (secondary N) is 1. The summed E-state index contributed by atoms with van der Waals surface area (Å²) in [6, 6.07) is 13.7. The Hall–Kier alpha value is -3.91. The van der Waals surface area contributed by atoms with Gasteiger partial charge in [0.25, 0.3) is 11.8 Å². The number of piperazine rings is 1. The predicted octanol–water partition coefficient (Wildman–Crippen LogP) is 3.62. The van der Waals surface area contributed by atoms with Crippen LogP contribution in [0.15, 0.2) is 48.5 Å². The Kier molecular flexibility index (Phi) is 5.45. The number of hydrogen-bond donors (Lipinski definition) is 2. The smallest absolute Gasteiger partial charge is 0.254 e. The van der Waals surface area contributed by atoms with Crippen molar-refractivity contribution in [2.45, 2.75) is 0 Å². The first-order chi connectivity index (χ1) is 16.4. The number of H-pyrrole nitrogens is 1. The number of fused-ring (bicyclic) bond motifs is 3. The van der Waals surface area contributed by atoms with Gasteiger partial charge in [-0.15, -0.1) is 0 Å². The lowest BCUT2D eigenvalue weighted by Crippen LogP contribution is -2.47. The van der Waals surface area contributed by atoms with Gasteiger partial charge in [0, 0.05) is 48.0 Å². The van der Waals surface area contributed by atoms with Gasteiger partial charge in [0.2, 0.25) is 0 Å². The third-order valence-electron chi connectivity index (χ3n) is 6.50. The number of likely N-dealkylation sites (N-methyl/N-ethyl adjacent to an activating group) is 1. The minimum atomic E-state index is -0.596. The molecule has 0 aliphatic carbocycles. The van der Waals surface area contributed by atoms with Crippen LogP contribution in [0, 0.1) is 5.82 Å². The Morgan fingerprint density at radius 2 is 1.74 bits per heavy atom. The minimum absolute atomic E-state index is 0.0156. The van der Waals surface area contributed by atoms with Crippen LogP contribution >= 0.6 is 0 Å². The number of hydrogen-bond acceptors (Lipinski definition) is 4. The molecule has 8 heteroatoms. The summed E-state index contributed by atoms with van der Waals surface area (Å²) < 4.78 is 19.3. The molecule has 1 fully saturated rings. The van der Waals surface area contributed by atoms with Crippen LogP contribution in [-0.4, -0.2) is 66.9 Å². The Balaban J connectivity index is 1.61. The number of amides is 2. The molecule has 0 unspecified atom stereocenters. The van der Waals surface area contributed by atoms with Crippen molar-refractivity contribution in [1.82, 2.24) is 14.8 Å². The van der Waals surface area contributed by atoms with Crippen LogP contribution in [0.25, 0.3) is 32.9 Å². The molecular weight excluding hydrogens is 435 g/mol. The molecule has 1 saturated heterocycles. The Morgan fingerprint density at radius 1 is 0.971 bits per heavy atom. The first kappa shape index (κ1) is 21.9. The SMILES string of the molecule is COc1ccc(-c2cc(C(N)=O)c3[nH]c4cc(C(=O)N5CCN(C)CC5)ccc4c3c2)cc1F. The highest BCUT2D eigenvalue weighted by molar-refractivity contribution is 6.17. The summed E-state index contributed by atoms with van der Waals surface area (Å²) >= 11 is 0. The molecule has 1 aliphatic rings. The first-order valence-electron chi connectivity index (χ1n) is 11.1. The van der Waals surface area contributed by atoms with E-state index in [1.807, 2.05) is 30.1 Å². The third-order valence-corrected chi connectivity index (χ3v) is 6.50. The summed E-state index contributed by atoms with van der Waals surface area (Å²) in [5.41, 5.74) is 9.15. The second-order valence-corrected chi connectivity index (χ2v) is 8.64. The molecule has 1 aliphatic heterocycles. The molecule has 1 aromatic heterocycles. The molecular formula is C26H25FN4O3. The second-order valence-electron chi connectivity index (χ2n) is 8.64. The third kappa shape index (κ3) is 3.76. The summed E-state index contributed by atoms with van der Waals surface area (Å²) in [7, 11) is 3.45. The van der Waals surface area contributed by atoms with Crippen molar-refractivity contribution in [2.24, 2.45) is 5.73 Å². The van der Waals surface area contributed by atoms with E-state index in [0.717, 1.165) is 29.4 Å². The standard InChI is InChI=1S/C26H25FN4O3/c1-30-7-9-31(10-8-30)26(33)16-3-5-18-19-11-17(15-4-6-23(34-2)21(27)13-15)12-20(25(28)32)24(19)29-22(18)14-16/h3-6,11-14,29H,7-10H2,1-2H3,(H2,28,32). The Morgan fingerprint density at radius 3 is 2.41 bits per heavy atom. The maximum absolute atomic E-state index is 14.3. The van der Waals surface area contributed by atoms with Gasteiger partial charge in [-0.1, -0.05) is 12.1 Å². The number of benzene rings is 3. The lowest BCUT2D eigenvalue weighted by molar-refractivity contribution is 0.0664. The highest BCUT2D eigenvalue weighted by atomic mass is 19.1. The van der Waals surface area contributed by atoms with Gasteiger partial charge in [-0.3, -0.25) is 9.59 Å². The van der Waals surface area contributed by atoms with Crippen molar-refractivity contribution in [3.05, 3.63) is 65.5 Å². The van der Waals surface area contributed by atoms with Gasteiger partial charge in [-0.2, -0.15) is 0 Å². The van der Waals surface area contributed by atoms with E-state index in [-0.39, 0.29) is 11.7 Å². The molecule has 3 N–H and O–H groups in total. The summed E-state index contributed by atoms with van der Waals surface area (Å²) in [6.45, 7) is 3.06. The van der Waals surface area contributed by atoms with Crippen molar-refractivity contribution in [1.29, 1.82) is 0 Å². The van der Waals surface area contributed by atoms with Crippen LogP contribution in [0.3, 0.4) is 0 Å². The number of primary amides is 1. The van der Waals surface area contributed by atoms with E-state index in [0.29, 0.717) is 40.9 Å². The van der Waals surface area contributed by atoms with Crippen molar-refractivity contribution < 1.29 is 18.7 Å². The number of carbonyl (C=O) groups excluding carboxylic acids is 2. The highest BCUT2D eigenvalue weighted by Gasteiger charge is 2.22. The summed E-state index contributed by atoms with van der Waals surface area (Å²) in [5, 5.41) is 1.62. The van der Waals surface area contributed by atoms with Gasteiger partial charge in [0.05, 0.1) is 18.2 Å².